The summed E-state index contributed by atoms with van der Waals surface area (Å²) in [7, 11) is 1.42. The van der Waals surface area contributed by atoms with E-state index in [2.05, 4.69) is 35.9 Å². The number of ether oxygens (including phenoxy) is 1. The largest absolute Gasteiger partial charge is 0.489 e. The fourth-order valence-corrected chi connectivity index (χ4v) is 5.31. The van der Waals surface area contributed by atoms with Crippen LogP contribution in [0.1, 0.15) is 39.0 Å². The zero-order valence-corrected chi connectivity index (χ0v) is 22.0. The molecule has 12 nitrogen and oxygen atoms in total. The van der Waals surface area contributed by atoms with Gasteiger partial charge < -0.3 is 25.4 Å². The van der Waals surface area contributed by atoms with E-state index >= 15 is 4.39 Å². The second-order valence-electron chi connectivity index (χ2n) is 10.2. The Morgan fingerprint density at radius 3 is 2.74 bits per heavy atom. The van der Waals surface area contributed by atoms with Crippen LogP contribution in [0.5, 0.6) is 5.75 Å². The maximum Gasteiger partial charge on any atom is 0.368 e. The number of hydrogen-bond donors (Lipinski definition) is 3. The third kappa shape index (κ3) is 6.01. The Morgan fingerprint density at radius 2 is 1.97 bits per heavy atom. The number of nitrogens with zero attached hydrogens (tertiary/aromatic N) is 7. The van der Waals surface area contributed by atoms with Gasteiger partial charge in [0.05, 0.1) is 18.0 Å². The number of aryl methyl sites for hydroxylation is 1. The second kappa shape index (κ2) is 11.6. The fourth-order valence-electron chi connectivity index (χ4n) is 5.31. The first-order chi connectivity index (χ1) is 18.8. The number of rotatable bonds is 9. The number of halogens is 2. The molecule has 2 aliphatic rings. The van der Waals surface area contributed by atoms with E-state index in [1.807, 2.05) is 0 Å². The van der Waals surface area contributed by atoms with Crippen LogP contribution in [0.3, 0.4) is 0 Å². The molecule has 4 heterocycles. The monoisotopic (exact) mass is 545 g/mol. The number of hydrogen-bond acceptors (Lipinski definition) is 10. The van der Waals surface area contributed by atoms with Crippen molar-refractivity contribution in [3.05, 3.63) is 40.4 Å². The molecule has 2 fully saturated rings. The molecule has 2 saturated heterocycles. The van der Waals surface area contributed by atoms with Crippen molar-refractivity contribution in [2.75, 3.05) is 36.9 Å². The third-order valence-corrected chi connectivity index (χ3v) is 7.23. The highest BCUT2D eigenvalue weighted by Crippen LogP contribution is 2.32. The van der Waals surface area contributed by atoms with Crippen molar-refractivity contribution in [3.63, 3.8) is 0 Å². The molecule has 3 atom stereocenters. The molecule has 0 spiro atoms. The quantitative estimate of drug-likeness (QED) is 0.367. The van der Waals surface area contributed by atoms with Crippen molar-refractivity contribution in [3.8, 4) is 11.4 Å². The van der Waals surface area contributed by atoms with Gasteiger partial charge in [0.2, 0.25) is 5.95 Å². The molecule has 1 aromatic carbocycles. The van der Waals surface area contributed by atoms with E-state index < -0.39 is 23.4 Å². The van der Waals surface area contributed by atoms with Gasteiger partial charge >= 0.3 is 5.69 Å². The van der Waals surface area contributed by atoms with Crippen molar-refractivity contribution in [1.29, 1.82) is 0 Å². The molecular weight excluding hydrogens is 512 g/mol. The summed E-state index contributed by atoms with van der Waals surface area (Å²) >= 11 is 0. The lowest BCUT2D eigenvalue weighted by Crippen LogP contribution is -2.49. The summed E-state index contributed by atoms with van der Waals surface area (Å²) in [6, 6.07) is 2.85. The summed E-state index contributed by atoms with van der Waals surface area (Å²) in [5, 5.41) is 23.0. The smallest absolute Gasteiger partial charge is 0.368 e. The Morgan fingerprint density at radius 1 is 1.15 bits per heavy atom. The Bertz CT molecular complexity index is 1360. The molecule has 0 amide bonds. The number of anilines is 3. The van der Waals surface area contributed by atoms with Crippen LogP contribution >= 0.6 is 0 Å². The predicted molar refractivity (Wildman–Crippen MR) is 139 cm³/mol. The Balaban J connectivity index is 1.37. The number of aliphatic hydroxyl groups is 1. The van der Waals surface area contributed by atoms with Gasteiger partial charge in [-0.1, -0.05) is 6.42 Å². The van der Waals surface area contributed by atoms with Gasteiger partial charge in [0.25, 0.3) is 0 Å². The molecule has 0 saturated carbocycles. The summed E-state index contributed by atoms with van der Waals surface area (Å²) in [6.45, 7) is 4.20. The van der Waals surface area contributed by atoms with Gasteiger partial charge in [-0.2, -0.15) is 14.3 Å². The zero-order chi connectivity index (χ0) is 27.5. The molecule has 0 unspecified atom stereocenters. The molecule has 39 heavy (non-hydrogen) atoms. The van der Waals surface area contributed by atoms with Crippen molar-refractivity contribution in [1.82, 2.24) is 34.7 Å². The second-order valence-corrected chi connectivity index (χ2v) is 10.2. The van der Waals surface area contributed by atoms with Gasteiger partial charge in [0, 0.05) is 25.7 Å². The molecule has 0 radical (unpaired) electrons. The number of tetrazole rings is 1. The molecule has 0 bridgehead atoms. The number of piperidine rings is 2. The minimum atomic E-state index is -0.828. The van der Waals surface area contributed by atoms with Crippen LogP contribution in [0.2, 0.25) is 0 Å². The minimum Gasteiger partial charge on any atom is -0.489 e. The number of aromatic nitrogens is 6. The molecule has 0 aliphatic carbocycles. The number of aliphatic hydroxyl groups excluding tert-OH is 1. The molecule has 3 N–H and O–H groups in total. The first kappa shape index (κ1) is 26.9. The minimum absolute atomic E-state index is 0.0202. The molecule has 210 valence electrons. The van der Waals surface area contributed by atoms with Gasteiger partial charge in [-0.15, -0.1) is 0 Å². The molecule has 5 rings (SSSR count). The van der Waals surface area contributed by atoms with Crippen LogP contribution in [0.4, 0.5) is 26.2 Å². The van der Waals surface area contributed by atoms with E-state index in [1.54, 1.807) is 0 Å². The van der Waals surface area contributed by atoms with Crippen LogP contribution in [0.15, 0.2) is 23.1 Å². The summed E-state index contributed by atoms with van der Waals surface area (Å²) < 4.78 is 37.2. The van der Waals surface area contributed by atoms with E-state index in [0.29, 0.717) is 18.5 Å². The van der Waals surface area contributed by atoms with Gasteiger partial charge in [-0.3, -0.25) is 0 Å². The van der Waals surface area contributed by atoms with E-state index in [1.165, 1.54) is 32.9 Å². The first-order valence-electron chi connectivity index (χ1n) is 13.2. The highest BCUT2D eigenvalue weighted by atomic mass is 19.1. The lowest BCUT2D eigenvalue weighted by molar-refractivity contribution is 0.0648. The molecule has 2 aliphatic heterocycles. The predicted octanol–water partition coefficient (Wildman–Crippen LogP) is 2.21. The van der Waals surface area contributed by atoms with Gasteiger partial charge in [-0.05, 0) is 68.1 Å². The summed E-state index contributed by atoms with van der Waals surface area (Å²) in [4.78, 5) is 23.2. The van der Waals surface area contributed by atoms with Crippen molar-refractivity contribution >= 4 is 17.5 Å². The van der Waals surface area contributed by atoms with E-state index in [-0.39, 0.29) is 35.5 Å². The zero-order valence-electron chi connectivity index (χ0n) is 22.0. The standard InChI is InChI=1S/C25H33F2N9O3/c1-15(37)14-39-22-10-17(26)19(11-21(22)36-25(38)34(2)32-33-36)30-24-29-13-18(27)23(31-24)28-12-16-6-5-9-35-8-4-3-7-20(16)35/h10-11,13,15-16,20,37H,3-9,12,14H2,1-2H3,(H2,28,29,30,31)/t15-,16-,20+/m0/s1. The third-order valence-electron chi connectivity index (χ3n) is 7.23. The number of benzene rings is 1. The van der Waals surface area contributed by atoms with Crippen LogP contribution in [0, 0.1) is 17.6 Å². The number of fused-ring (bicyclic) bond motifs is 1. The SMILES string of the molecule is C[C@H](O)COc1cc(F)c(Nc2ncc(F)c(NC[C@@H]3CCCN4CCCC[C@H]34)n2)cc1-n1nnn(C)c1=O. The van der Waals surface area contributed by atoms with Gasteiger partial charge in [-0.25, -0.2) is 18.6 Å². The van der Waals surface area contributed by atoms with Crippen LogP contribution in [0.25, 0.3) is 5.69 Å². The van der Waals surface area contributed by atoms with Crippen molar-refractivity contribution < 1.29 is 18.6 Å². The first-order valence-corrected chi connectivity index (χ1v) is 13.2. The fraction of sp³-hybridized carbons (Fsp3) is 0.560. The Kier molecular flexibility index (Phi) is 8.02. The molecule has 14 heteroatoms. The summed E-state index contributed by atoms with van der Waals surface area (Å²) in [5.74, 6) is -0.972. The molecule has 3 aromatic rings. The average Bonchev–Trinajstić information content (AvgIpc) is 3.26. The highest BCUT2D eigenvalue weighted by molar-refractivity contribution is 5.63. The summed E-state index contributed by atoms with van der Waals surface area (Å²) in [6.07, 6.45) is 5.98. The van der Waals surface area contributed by atoms with Gasteiger partial charge in [0.15, 0.2) is 17.5 Å². The Hall–Kier alpha value is -3.65. The van der Waals surface area contributed by atoms with E-state index in [9.17, 15) is 14.3 Å². The van der Waals surface area contributed by atoms with E-state index in [4.69, 9.17) is 4.74 Å². The van der Waals surface area contributed by atoms with Gasteiger partial charge in [0.1, 0.15) is 18.0 Å². The normalized spacial score (nSPS) is 20.3. The topological polar surface area (TPSA) is 135 Å². The van der Waals surface area contributed by atoms with E-state index in [0.717, 1.165) is 54.0 Å². The maximum atomic E-state index is 15.1. The van der Waals surface area contributed by atoms with Crippen molar-refractivity contribution in [2.24, 2.45) is 13.0 Å². The van der Waals surface area contributed by atoms with Crippen LogP contribution < -0.4 is 21.1 Å². The lowest BCUT2D eigenvalue weighted by Gasteiger charge is -2.44. The lowest BCUT2D eigenvalue weighted by atomic mass is 9.83. The number of nitrogens with one attached hydrogen (secondary N) is 2. The Labute approximate surface area is 224 Å². The summed E-state index contributed by atoms with van der Waals surface area (Å²) in [5.41, 5.74) is -0.583. The maximum absolute atomic E-state index is 15.1. The van der Waals surface area contributed by atoms with Crippen molar-refractivity contribution in [2.45, 2.75) is 51.2 Å². The van der Waals surface area contributed by atoms with Crippen LogP contribution in [-0.2, 0) is 7.05 Å². The van der Waals surface area contributed by atoms with Crippen LogP contribution in [-0.4, -0.2) is 78.2 Å². The molecule has 2 aromatic heterocycles. The average molecular weight is 546 g/mol. The molecular formula is C25H33F2N9O3. The highest BCUT2D eigenvalue weighted by Gasteiger charge is 2.33.